The summed E-state index contributed by atoms with van der Waals surface area (Å²) in [5, 5.41) is 1.73. The Balaban J connectivity index is 1.61. The van der Waals surface area contributed by atoms with Crippen LogP contribution in [0.3, 0.4) is 0 Å². The average Bonchev–Trinajstić information content (AvgIpc) is 3.23. The Labute approximate surface area is 168 Å². The molecule has 5 nitrogen and oxygen atoms in total. The number of hydrogen-bond donors (Lipinski definition) is 1. The molecule has 2 amide bonds. The second-order valence-corrected chi connectivity index (χ2v) is 7.18. The molecular weight excluding hydrogens is 432 g/mol. The molecule has 134 valence electrons. The molecule has 0 unspecified atom stereocenters. The van der Waals surface area contributed by atoms with Crippen molar-refractivity contribution in [3.63, 3.8) is 0 Å². The molecular formula is C20H12BrClN2O3. The van der Waals surface area contributed by atoms with E-state index < -0.39 is 11.8 Å². The topological polar surface area (TPSA) is 62.6 Å². The third-order valence-electron chi connectivity index (χ3n) is 4.00. The van der Waals surface area contributed by atoms with Crippen molar-refractivity contribution in [1.82, 2.24) is 5.43 Å². The van der Waals surface area contributed by atoms with Crippen molar-refractivity contribution < 1.29 is 14.0 Å². The number of furan rings is 1. The van der Waals surface area contributed by atoms with E-state index in [0.717, 1.165) is 10.0 Å². The lowest BCUT2D eigenvalue weighted by Crippen LogP contribution is -2.35. The number of amides is 2. The average molecular weight is 444 g/mol. The maximum atomic E-state index is 12.6. The molecule has 1 aliphatic heterocycles. The number of rotatable bonds is 3. The summed E-state index contributed by atoms with van der Waals surface area (Å²) < 4.78 is 6.71. The van der Waals surface area contributed by atoms with Crippen LogP contribution in [-0.2, 0) is 9.59 Å². The summed E-state index contributed by atoms with van der Waals surface area (Å²) in [6.45, 7) is 0. The lowest BCUT2D eigenvalue weighted by Gasteiger charge is -2.14. The van der Waals surface area contributed by atoms with Crippen molar-refractivity contribution in [2.24, 2.45) is 0 Å². The van der Waals surface area contributed by atoms with Gasteiger partial charge in [0.1, 0.15) is 17.1 Å². The molecule has 0 atom stereocenters. The molecule has 3 aromatic rings. The number of hydrogen-bond acceptors (Lipinski definition) is 3. The van der Waals surface area contributed by atoms with Crippen LogP contribution in [0.4, 0.5) is 5.69 Å². The van der Waals surface area contributed by atoms with E-state index in [9.17, 15) is 9.59 Å². The highest BCUT2D eigenvalue weighted by atomic mass is 79.9. The van der Waals surface area contributed by atoms with Gasteiger partial charge in [0.2, 0.25) is 0 Å². The molecule has 1 fully saturated rings. The summed E-state index contributed by atoms with van der Waals surface area (Å²) in [4.78, 5) is 24.9. The molecule has 7 heteroatoms. The minimum absolute atomic E-state index is 0.0000854. The maximum absolute atomic E-state index is 12.6. The molecule has 1 saturated heterocycles. The number of anilines is 1. The normalized spacial score (nSPS) is 15.5. The van der Waals surface area contributed by atoms with Gasteiger partial charge in [0.15, 0.2) is 0 Å². The minimum atomic E-state index is -0.490. The van der Waals surface area contributed by atoms with Gasteiger partial charge in [-0.2, -0.15) is 0 Å². The van der Waals surface area contributed by atoms with E-state index in [1.807, 2.05) is 24.3 Å². The van der Waals surface area contributed by atoms with E-state index >= 15 is 0 Å². The zero-order valence-corrected chi connectivity index (χ0v) is 16.1. The lowest BCUT2D eigenvalue weighted by atomic mass is 10.2. The first-order valence-electron chi connectivity index (χ1n) is 8.00. The van der Waals surface area contributed by atoms with Crippen LogP contribution >= 0.6 is 27.5 Å². The molecule has 2 aromatic carbocycles. The van der Waals surface area contributed by atoms with Crippen molar-refractivity contribution in [2.45, 2.75) is 0 Å². The highest BCUT2D eigenvalue weighted by molar-refractivity contribution is 9.10. The summed E-state index contributed by atoms with van der Waals surface area (Å²) in [5.74, 6) is 0.114. The Morgan fingerprint density at radius 2 is 1.81 bits per heavy atom. The molecule has 0 aliphatic carbocycles. The summed E-state index contributed by atoms with van der Waals surface area (Å²) in [7, 11) is 0. The number of nitrogens with one attached hydrogen (secondary N) is 1. The van der Waals surface area contributed by atoms with Crippen molar-refractivity contribution >= 4 is 51.1 Å². The van der Waals surface area contributed by atoms with Gasteiger partial charge in [0.25, 0.3) is 11.8 Å². The number of halogens is 2. The van der Waals surface area contributed by atoms with Crippen LogP contribution in [-0.4, -0.2) is 11.8 Å². The monoisotopic (exact) mass is 442 g/mol. The first kappa shape index (κ1) is 17.6. The van der Waals surface area contributed by atoms with Crippen molar-refractivity contribution in [3.05, 3.63) is 81.5 Å². The summed E-state index contributed by atoms with van der Waals surface area (Å²) in [6, 6.07) is 17.8. The van der Waals surface area contributed by atoms with Crippen LogP contribution < -0.4 is 10.4 Å². The molecule has 27 heavy (non-hydrogen) atoms. The Morgan fingerprint density at radius 3 is 2.56 bits per heavy atom. The van der Waals surface area contributed by atoms with Crippen LogP contribution in [0, 0.1) is 0 Å². The third kappa shape index (κ3) is 3.54. The van der Waals surface area contributed by atoms with Gasteiger partial charge < -0.3 is 4.42 Å². The SMILES string of the molecule is O=C1NN(c2ccc(Cl)cc2)C(=O)/C1=C\c1ccc(-c2cccc(Br)c2)o1. The van der Waals surface area contributed by atoms with E-state index in [1.54, 1.807) is 36.4 Å². The molecule has 4 rings (SSSR count). The van der Waals surface area contributed by atoms with Gasteiger partial charge in [0, 0.05) is 15.1 Å². The summed E-state index contributed by atoms with van der Waals surface area (Å²) in [5.41, 5.74) is 3.95. The second-order valence-electron chi connectivity index (χ2n) is 5.83. The van der Waals surface area contributed by atoms with Gasteiger partial charge in [-0.15, -0.1) is 0 Å². The summed E-state index contributed by atoms with van der Waals surface area (Å²) >= 11 is 9.29. The molecule has 1 N–H and O–H groups in total. The van der Waals surface area contributed by atoms with E-state index in [4.69, 9.17) is 16.0 Å². The number of nitrogens with zero attached hydrogens (tertiary/aromatic N) is 1. The highest BCUT2D eigenvalue weighted by Crippen LogP contribution is 2.27. The zero-order valence-electron chi connectivity index (χ0n) is 13.8. The number of carbonyl (C=O) groups excluding carboxylic acids is 2. The molecule has 0 radical (unpaired) electrons. The van der Waals surface area contributed by atoms with E-state index in [0.29, 0.717) is 22.2 Å². The Kier molecular flexibility index (Phi) is 4.59. The Bertz CT molecular complexity index is 1070. The van der Waals surface area contributed by atoms with Gasteiger partial charge in [-0.1, -0.05) is 39.7 Å². The fourth-order valence-corrected chi connectivity index (χ4v) is 3.22. The van der Waals surface area contributed by atoms with Gasteiger partial charge in [-0.3, -0.25) is 15.0 Å². The molecule has 0 bridgehead atoms. The molecule has 0 saturated carbocycles. The van der Waals surface area contributed by atoms with Gasteiger partial charge >= 0.3 is 0 Å². The quantitative estimate of drug-likeness (QED) is 0.466. The lowest BCUT2D eigenvalue weighted by molar-refractivity contribution is -0.117. The largest absolute Gasteiger partial charge is 0.457 e. The van der Waals surface area contributed by atoms with Crippen LogP contribution in [0.5, 0.6) is 0 Å². The van der Waals surface area contributed by atoms with Gasteiger partial charge in [0.05, 0.1) is 5.69 Å². The standard InChI is InChI=1S/C20H12BrClN2O3/c21-13-3-1-2-12(10-13)18-9-8-16(27-18)11-17-19(25)23-24(20(17)26)15-6-4-14(22)5-7-15/h1-11H,(H,23,25)/b17-11-. The van der Waals surface area contributed by atoms with Crippen LogP contribution in [0.25, 0.3) is 17.4 Å². The summed E-state index contributed by atoms with van der Waals surface area (Å²) in [6.07, 6.45) is 1.44. The van der Waals surface area contributed by atoms with E-state index in [2.05, 4.69) is 21.4 Å². The number of benzene rings is 2. The highest BCUT2D eigenvalue weighted by Gasteiger charge is 2.34. The molecule has 0 spiro atoms. The zero-order chi connectivity index (χ0) is 19.0. The maximum Gasteiger partial charge on any atom is 0.282 e. The fourth-order valence-electron chi connectivity index (χ4n) is 2.70. The molecule has 1 aromatic heterocycles. The van der Waals surface area contributed by atoms with Gasteiger partial charge in [-0.05, 0) is 54.6 Å². The van der Waals surface area contributed by atoms with Crippen LogP contribution in [0.1, 0.15) is 5.76 Å². The molecule has 1 aliphatic rings. The van der Waals surface area contributed by atoms with Crippen molar-refractivity contribution in [2.75, 3.05) is 5.01 Å². The van der Waals surface area contributed by atoms with Crippen LogP contribution in [0.2, 0.25) is 5.02 Å². The van der Waals surface area contributed by atoms with Crippen molar-refractivity contribution in [3.8, 4) is 11.3 Å². The smallest absolute Gasteiger partial charge is 0.282 e. The predicted octanol–water partition coefficient (Wildman–Crippen LogP) is 4.82. The Hall–Kier alpha value is -2.83. The predicted molar refractivity (Wildman–Crippen MR) is 107 cm³/mol. The first-order chi connectivity index (χ1) is 13.0. The van der Waals surface area contributed by atoms with Gasteiger partial charge in [-0.25, -0.2) is 5.01 Å². The first-order valence-corrected chi connectivity index (χ1v) is 9.17. The molecule has 2 heterocycles. The van der Waals surface area contributed by atoms with Crippen LogP contribution in [0.15, 0.2) is 75.1 Å². The number of hydrazine groups is 1. The minimum Gasteiger partial charge on any atom is -0.457 e. The van der Waals surface area contributed by atoms with E-state index in [1.165, 1.54) is 11.1 Å². The fraction of sp³-hybridized carbons (Fsp3) is 0. The van der Waals surface area contributed by atoms with E-state index in [-0.39, 0.29) is 5.57 Å². The second kappa shape index (κ2) is 7.06. The van der Waals surface area contributed by atoms with Crippen molar-refractivity contribution in [1.29, 1.82) is 0 Å². The Morgan fingerprint density at radius 1 is 1.04 bits per heavy atom. The third-order valence-corrected chi connectivity index (χ3v) is 4.74. The number of carbonyl (C=O) groups is 2.